The number of likely N-dealkylation sites (tertiary alicyclic amines) is 1. The molecule has 5 heteroatoms. The molecule has 0 radical (unpaired) electrons. The molecule has 0 aliphatic carbocycles. The number of carbonyl (C=O) groups excluding carboxylic acids is 1. The highest BCUT2D eigenvalue weighted by molar-refractivity contribution is 5.68. The molecule has 0 bridgehead atoms. The minimum Gasteiger partial charge on any atom is -0.486 e. The summed E-state index contributed by atoms with van der Waals surface area (Å²) in [5.41, 5.74) is 0.712. The van der Waals surface area contributed by atoms with Gasteiger partial charge in [-0.15, -0.1) is 0 Å². The Morgan fingerprint density at radius 1 is 1.12 bits per heavy atom. The number of anilines is 1. The molecule has 2 aliphatic heterocycles. The first-order chi connectivity index (χ1) is 11.4. The van der Waals surface area contributed by atoms with Crippen molar-refractivity contribution in [1.82, 2.24) is 4.90 Å². The van der Waals surface area contributed by atoms with Gasteiger partial charge < -0.3 is 19.3 Å². The molecule has 0 aromatic heterocycles. The molecule has 0 N–H and O–H groups in total. The lowest BCUT2D eigenvalue weighted by atomic mass is 10.2. The predicted molar refractivity (Wildman–Crippen MR) is 94.7 cm³/mol. The number of hydrogen-bond acceptors (Lipinski definition) is 4. The summed E-state index contributed by atoms with van der Waals surface area (Å²) in [5, 5.41) is 0. The molecular formula is C19H28N2O3. The Hall–Kier alpha value is -1.91. The highest BCUT2D eigenvalue weighted by Crippen LogP contribution is 2.32. The first-order valence-corrected chi connectivity index (χ1v) is 8.91. The van der Waals surface area contributed by atoms with Gasteiger partial charge in [-0.3, -0.25) is 0 Å². The molecule has 1 amide bonds. The molecule has 1 aromatic rings. The van der Waals surface area contributed by atoms with Gasteiger partial charge in [0.05, 0.1) is 12.2 Å². The zero-order chi connectivity index (χ0) is 17.2. The van der Waals surface area contributed by atoms with Crippen molar-refractivity contribution in [3.63, 3.8) is 0 Å². The van der Waals surface area contributed by atoms with Crippen LogP contribution < -0.4 is 9.64 Å². The van der Waals surface area contributed by atoms with E-state index in [0.717, 1.165) is 25.3 Å². The van der Waals surface area contributed by atoms with E-state index in [4.69, 9.17) is 9.47 Å². The van der Waals surface area contributed by atoms with Crippen LogP contribution in [-0.4, -0.2) is 48.9 Å². The highest BCUT2D eigenvalue weighted by atomic mass is 16.6. The fraction of sp³-hybridized carbons (Fsp3) is 0.632. The van der Waals surface area contributed by atoms with Crippen molar-refractivity contribution in [1.29, 1.82) is 0 Å². The van der Waals surface area contributed by atoms with E-state index in [9.17, 15) is 4.79 Å². The van der Waals surface area contributed by atoms with Crippen LogP contribution in [-0.2, 0) is 4.74 Å². The molecule has 2 aliphatic rings. The molecule has 24 heavy (non-hydrogen) atoms. The summed E-state index contributed by atoms with van der Waals surface area (Å²) in [5.74, 6) is 0.926. The summed E-state index contributed by atoms with van der Waals surface area (Å²) in [6.07, 6.45) is 3.10. The van der Waals surface area contributed by atoms with Gasteiger partial charge in [-0.1, -0.05) is 12.1 Å². The van der Waals surface area contributed by atoms with Crippen LogP contribution >= 0.6 is 0 Å². The Morgan fingerprint density at radius 3 is 2.54 bits per heavy atom. The van der Waals surface area contributed by atoms with Crippen LogP contribution in [0.3, 0.4) is 0 Å². The zero-order valence-corrected chi connectivity index (χ0v) is 15.0. The number of benzene rings is 1. The summed E-state index contributed by atoms with van der Waals surface area (Å²) in [4.78, 5) is 16.3. The minimum atomic E-state index is -0.460. The fourth-order valence-electron chi connectivity index (χ4n) is 3.27. The molecule has 1 atom stereocenters. The van der Waals surface area contributed by atoms with Gasteiger partial charge in [-0.05, 0) is 45.7 Å². The van der Waals surface area contributed by atoms with Crippen molar-refractivity contribution in [2.45, 2.75) is 51.7 Å². The molecule has 1 unspecified atom stereocenters. The number of rotatable bonds is 3. The maximum absolute atomic E-state index is 12.2. The molecule has 1 aromatic carbocycles. The van der Waals surface area contributed by atoms with Crippen LogP contribution in [0.1, 0.15) is 40.0 Å². The van der Waals surface area contributed by atoms with Crippen molar-refractivity contribution in [3.05, 3.63) is 24.3 Å². The first kappa shape index (κ1) is 16.9. The summed E-state index contributed by atoms with van der Waals surface area (Å²) in [7, 11) is 0. The number of nitrogens with zero attached hydrogens (tertiary/aromatic N) is 2. The highest BCUT2D eigenvalue weighted by Gasteiger charge is 2.31. The Labute approximate surface area is 144 Å². The van der Waals surface area contributed by atoms with Gasteiger partial charge in [0.15, 0.2) is 0 Å². The largest absolute Gasteiger partial charge is 0.486 e. The molecule has 5 nitrogen and oxygen atoms in total. The first-order valence-electron chi connectivity index (χ1n) is 8.91. The van der Waals surface area contributed by atoms with Crippen LogP contribution in [0.4, 0.5) is 10.5 Å². The lowest BCUT2D eigenvalue weighted by Gasteiger charge is -2.25. The van der Waals surface area contributed by atoms with E-state index in [1.165, 1.54) is 18.5 Å². The fourth-order valence-corrected chi connectivity index (χ4v) is 3.27. The van der Waals surface area contributed by atoms with Crippen molar-refractivity contribution in [3.8, 4) is 5.75 Å². The molecule has 3 rings (SSSR count). The van der Waals surface area contributed by atoms with Crippen LogP contribution in [0.25, 0.3) is 0 Å². The van der Waals surface area contributed by atoms with E-state index in [1.807, 2.05) is 32.9 Å². The quantitative estimate of drug-likeness (QED) is 0.847. The van der Waals surface area contributed by atoms with E-state index in [2.05, 4.69) is 17.0 Å². The molecule has 0 saturated carbocycles. The van der Waals surface area contributed by atoms with Crippen molar-refractivity contribution < 1.29 is 14.3 Å². The number of hydrogen-bond donors (Lipinski definition) is 0. The number of para-hydroxylation sites is 2. The van der Waals surface area contributed by atoms with Crippen molar-refractivity contribution >= 4 is 11.8 Å². The third kappa shape index (κ3) is 4.13. The van der Waals surface area contributed by atoms with E-state index in [-0.39, 0.29) is 12.2 Å². The Morgan fingerprint density at radius 2 is 1.83 bits per heavy atom. The molecule has 132 valence electrons. The van der Waals surface area contributed by atoms with Crippen LogP contribution in [0.5, 0.6) is 5.75 Å². The Bertz CT molecular complexity index is 576. The lowest BCUT2D eigenvalue weighted by molar-refractivity contribution is 0.0276. The van der Waals surface area contributed by atoms with Crippen molar-refractivity contribution in [2.24, 2.45) is 0 Å². The SMILES string of the molecule is CC(C)(C)OC(=O)N1CCC(Oc2ccccc2N2CCCC2)C1. The van der Waals surface area contributed by atoms with Crippen LogP contribution in [0.15, 0.2) is 24.3 Å². The zero-order valence-electron chi connectivity index (χ0n) is 15.0. The summed E-state index contributed by atoms with van der Waals surface area (Å²) in [6.45, 7) is 9.13. The Kier molecular flexibility index (Phi) is 4.88. The normalized spacial score (nSPS) is 21.2. The second-order valence-corrected chi connectivity index (χ2v) is 7.62. The molecule has 2 saturated heterocycles. The van der Waals surface area contributed by atoms with Crippen LogP contribution in [0.2, 0.25) is 0 Å². The van der Waals surface area contributed by atoms with Gasteiger partial charge in [-0.2, -0.15) is 0 Å². The van der Waals surface area contributed by atoms with Gasteiger partial charge in [0.2, 0.25) is 0 Å². The van der Waals surface area contributed by atoms with Gasteiger partial charge in [0.25, 0.3) is 0 Å². The van der Waals surface area contributed by atoms with Crippen LogP contribution in [0, 0.1) is 0 Å². The standard InChI is InChI=1S/C19H28N2O3/c1-19(2,3)24-18(22)21-13-10-15(14-21)23-17-9-5-4-8-16(17)20-11-6-7-12-20/h4-5,8-9,15H,6-7,10-14H2,1-3H3. The average molecular weight is 332 g/mol. The van der Waals surface area contributed by atoms with Gasteiger partial charge >= 0.3 is 6.09 Å². The lowest BCUT2D eigenvalue weighted by Crippen LogP contribution is -2.36. The molecular weight excluding hydrogens is 304 g/mol. The third-order valence-electron chi connectivity index (χ3n) is 4.40. The van der Waals surface area contributed by atoms with E-state index in [0.29, 0.717) is 13.1 Å². The second-order valence-electron chi connectivity index (χ2n) is 7.62. The van der Waals surface area contributed by atoms with E-state index >= 15 is 0 Å². The van der Waals surface area contributed by atoms with Crippen molar-refractivity contribution in [2.75, 3.05) is 31.1 Å². The second kappa shape index (κ2) is 6.91. The van der Waals surface area contributed by atoms with Gasteiger partial charge in [0.1, 0.15) is 17.5 Å². The average Bonchev–Trinajstić information content (AvgIpc) is 3.17. The number of carbonyl (C=O) groups is 1. The maximum atomic E-state index is 12.2. The predicted octanol–water partition coefficient (Wildman–Crippen LogP) is 3.68. The Balaban J connectivity index is 1.61. The number of amides is 1. The monoisotopic (exact) mass is 332 g/mol. The summed E-state index contributed by atoms with van der Waals surface area (Å²) >= 11 is 0. The van der Waals surface area contributed by atoms with Gasteiger partial charge in [0, 0.05) is 26.1 Å². The minimum absolute atomic E-state index is 0.0290. The summed E-state index contributed by atoms with van der Waals surface area (Å²) < 4.78 is 11.7. The van der Waals surface area contributed by atoms with Gasteiger partial charge in [-0.25, -0.2) is 4.79 Å². The topological polar surface area (TPSA) is 42.0 Å². The maximum Gasteiger partial charge on any atom is 0.410 e. The third-order valence-corrected chi connectivity index (χ3v) is 4.40. The number of ether oxygens (including phenoxy) is 2. The smallest absolute Gasteiger partial charge is 0.410 e. The van der Waals surface area contributed by atoms with E-state index in [1.54, 1.807) is 4.90 Å². The van der Waals surface area contributed by atoms with E-state index < -0.39 is 5.60 Å². The molecule has 2 fully saturated rings. The summed E-state index contributed by atoms with van der Waals surface area (Å²) in [6, 6.07) is 8.22. The molecule has 0 spiro atoms. The molecule has 2 heterocycles.